The fraction of sp³-hybridized carbons (Fsp3) is 0.600. The van der Waals surface area contributed by atoms with Crippen molar-refractivity contribution in [3.8, 4) is 0 Å². The monoisotopic (exact) mass is 223 g/mol. The van der Waals surface area contributed by atoms with Gasteiger partial charge in [0, 0.05) is 20.1 Å². The summed E-state index contributed by atoms with van der Waals surface area (Å²) in [6, 6.07) is 0. The Balaban J connectivity index is 1.93. The van der Waals surface area contributed by atoms with Crippen LogP contribution in [-0.4, -0.2) is 46.7 Å². The van der Waals surface area contributed by atoms with Crippen molar-refractivity contribution in [2.45, 2.75) is 6.54 Å². The maximum absolute atomic E-state index is 5.91. The molecule has 16 heavy (non-hydrogen) atoms. The summed E-state index contributed by atoms with van der Waals surface area (Å²) in [4.78, 5) is 10.4. The first-order valence-corrected chi connectivity index (χ1v) is 5.35. The molecule has 0 atom stereocenters. The van der Waals surface area contributed by atoms with Crippen molar-refractivity contribution in [1.82, 2.24) is 14.5 Å². The number of ether oxygens (including phenoxy) is 1. The molecule has 6 heteroatoms. The van der Waals surface area contributed by atoms with Gasteiger partial charge in [-0.3, -0.25) is 0 Å². The van der Waals surface area contributed by atoms with Crippen LogP contribution in [0.1, 0.15) is 5.69 Å². The van der Waals surface area contributed by atoms with Gasteiger partial charge in [-0.1, -0.05) is 0 Å². The molecule has 0 spiro atoms. The van der Waals surface area contributed by atoms with Gasteiger partial charge in [0.05, 0.1) is 38.0 Å². The van der Waals surface area contributed by atoms with Gasteiger partial charge in [-0.25, -0.2) is 9.98 Å². The summed E-state index contributed by atoms with van der Waals surface area (Å²) in [5.41, 5.74) is 6.96. The molecule has 1 aromatic heterocycles. The number of aryl methyl sites for hydroxylation is 1. The molecule has 0 aromatic carbocycles. The van der Waals surface area contributed by atoms with Crippen molar-refractivity contribution >= 4 is 5.96 Å². The number of aromatic nitrogens is 2. The Morgan fingerprint density at radius 1 is 1.56 bits per heavy atom. The van der Waals surface area contributed by atoms with Crippen LogP contribution in [0.5, 0.6) is 0 Å². The van der Waals surface area contributed by atoms with E-state index in [1.165, 1.54) is 0 Å². The number of imidazole rings is 1. The zero-order valence-electron chi connectivity index (χ0n) is 9.46. The molecule has 2 N–H and O–H groups in total. The van der Waals surface area contributed by atoms with Crippen LogP contribution >= 0.6 is 0 Å². The first kappa shape index (κ1) is 10.9. The Labute approximate surface area is 94.7 Å². The van der Waals surface area contributed by atoms with Crippen molar-refractivity contribution in [2.24, 2.45) is 17.8 Å². The largest absolute Gasteiger partial charge is 0.378 e. The molecule has 0 amide bonds. The lowest BCUT2D eigenvalue weighted by molar-refractivity contribution is 0.0674. The molecule has 1 aliphatic heterocycles. The fourth-order valence-electron chi connectivity index (χ4n) is 1.59. The predicted molar refractivity (Wildman–Crippen MR) is 60.9 cm³/mol. The molecule has 0 aliphatic carbocycles. The van der Waals surface area contributed by atoms with E-state index in [1.54, 1.807) is 12.5 Å². The minimum Gasteiger partial charge on any atom is -0.378 e. The number of guanidine groups is 1. The molecule has 0 bridgehead atoms. The van der Waals surface area contributed by atoms with E-state index in [2.05, 4.69) is 9.98 Å². The van der Waals surface area contributed by atoms with Gasteiger partial charge < -0.3 is 19.9 Å². The SMILES string of the molecule is Cn1cncc1CN=C(N)N1CCOCC1. The van der Waals surface area contributed by atoms with Gasteiger partial charge in [0.1, 0.15) is 0 Å². The molecule has 1 saturated heterocycles. The third-order valence-corrected chi connectivity index (χ3v) is 2.65. The summed E-state index contributed by atoms with van der Waals surface area (Å²) < 4.78 is 7.19. The van der Waals surface area contributed by atoms with Gasteiger partial charge in [-0.15, -0.1) is 0 Å². The zero-order valence-corrected chi connectivity index (χ0v) is 9.46. The molecule has 2 heterocycles. The molecule has 1 aromatic rings. The van der Waals surface area contributed by atoms with Crippen molar-refractivity contribution in [2.75, 3.05) is 26.3 Å². The Morgan fingerprint density at radius 3 is 2.94 bits per heavy atom. The van der Waals surface area contributed by atoms with Crippen molar-refractivity contribution in [1.29, 1.82) is 0 Å². The van der Waals surface area contributed by atoms with Gasteiger partial charge in [0.25, 0.3) is 0 Å². The normalized spacial score (nSPS) is 17.8. The van der Waals surface area contributed by atoms with Gasteiger partial charge in [-0.05, 0) is 0 Å². The van der Waals surface area contributed by atoms with Gasteiger partial charge in [0.2, 0.25) is 0 Å². The number of nitrogens with zero attached hydrogens (tertiary/aromatic N) is 4. The Bertz CT molecular complexity index is 367. The van der Waals surface area contributed by atoms with E-state index in [-0.39, 0.29) is 0 Å². The Hall–Kier alpha value is -1.56. The molecular formula is C10H17N5O. The van der Waals surface area contributed by atoms with Crippen LogP contribution in [0.25, 0.3) is 0 Å². The molecule has 1 aliphatic rings. The smallest absolute Gasteiger partial charge is 0.191 e. The number of hydrogen-bond acceptors (Lipinski definition) is 3. The average molecular weight is 223 g/mol. The summed E-state index contributed by atoms with van der Waals surface area (Å²) >= 11 is 0. The highest BCUT2D eigenvalue weighted by Gasteiger charge is 2.11. The second-order valence-corrected chi connectivity index (χ2v) is 3.77. The van der Waals surface area contributed by atoms with Crippen molar-refractivity contribution in [3.63, 3.8) is 0 Å². The molecular weight excluding hydrogens is 206 g/mol. The summed E-state index contributed by atoms with van der Waals surface area (Å²) in [5.74, 6) is 0.588. The lowest BCUT2D eigenvalue weighted by atomic mass is 10.4. The average Bonchev–Trinajstić information content (AvgIpc) is 2.73. The Kier molecular flexibility index (Phi) is 3.40. The van der Waals surface area contributed by atoms with Crippen LogP contribution in [0.15, 0.2) is 17.5 Å². The lowest BCUT2D eigenvalue weighted by Gasteiger charge is -2.27. The molecule has 88 valence electrons. The minimum atomic E-state index is 0.569. The van der Waals surface area contributed by atoms with E-state index in [9.17, 15) is 0 Å². The molecule has 2 rings (SSSR count). The topological polar surface area (TPSA) is 68.7 Å². The zero-order chi connectivity index (χ0) is 11.4. The quantitative estimate of drug-likeness (QED) is 0.545. The molecule has 6 nitrogen and oxygen atoms in total. The standard InChI is InChI=1S/C10H17N5O/c1-14-8-12-6-9(14)7-13-10(11)15-2-4-16-5-3-15/h6,8H,2-5,7H2,1H3,(H2,11,13). The fourth-order valence-corrected chi connectivity index (χ4v) is 1.59. The highest BCUT2D eigenvalue weighted by Crippen LogP contribution is 2.01. The van der Waals surface area contributed by atoms with Crippen LogP contribution in [0.2, 0.25) is 0 Å². The first-order chi connectivity index (χ1) is 7.77. The number of aliphatic imine (C=N–C) groups is 1. The van der Waals surface area contributed by atoms with Crippen LogP contribution in [-0.2, 0) is 18.3 Å². The summed E-state index contributed by atoms with van der Waals surface area (Å²) in [5, 5.41) is 0. The van der Waals surface area contributed by atoms with E-state index in [0.717, 1.165) is 32.0 Å². The van der Waals surface area contributed by atoms with E-state index < -0.39 is 0 Å². The molecule has 0 saturated carbocycles. The van der Waals surface area contributed by atoms with Crippen molar-refractivity contribution in [3.05, 3.63) is 18.2 Å². The highest BCUT2D eigenvalue weighted by molar-refractivity contribution is 5.78. The van der Waals surface area contributed by atoms with Crippen LogP contribution in [0, 0.1) is 0 Å². The number of nitrogens with two attached hydrogens (primary N) is 1. The summed E-state index contributed by atoms with van der Waals surface area (Å²) in [7, 11) is 1.95. The number of rotatable bonds is 2. The number of morpholine rings is 1. The highest BCUT2D eigenvalue weighted by atomic mass is 16.5. The number of hydrogen-bond donors (Lipinski definition) is 1. The lowest BCUT2D eigenvalue weighted by Crippen LogP contribution is -2.44. The van der Waals surface area contributed by atoms with Gasteiger partial charge in [0.15, 0.2) is 5.96 Å². The van der Waals surface area contributed by atoms with Crippen molar-refractivity contribution < 1.29 is 4.74 Å². The van der Waals surface area contributed by atoms with Gasteiger partial charge in [-0.2, -0.15) is 0 Å². The third-order valence-electron chi connectivity index (χ3n) is 2.65. The van der Waals surface area contributed by atoms with Crippen LogP contribution in [0.4, 0.5) is 0 Å². The van der Waals surface area contributed by atoms with E-state index in [1.807, 2.05) is 16.5 Å². The second-order valence-electron chi connectivity index (χ2n) is 3.77. The predicted octanol–water partition coefficient (Wildman–Crippen LogP) is -0.433. The molecule has 1 fully saturated rings. The maximum Gasteiger partial charge on any atom is 0.191 e. The van der Waals surface area contributed by atoms with E-state index in [4.69, 9.17) is 10.5 Å². The Morgan fingerprint density at radius 2 is 2.31 bits per heavy atom. The second kappa shape index (κ2) is 4.98. The minimum absolute atomic E-state index is 0.569. The van der Waals surface area contributed by atoms with Gasteiger partial charge >= 0.3 is 0 Å². The first-order valence-electron chi connectivity index (χ1n) is 5.35. The molecule has 0 unspecified atom stereocenters. The summed E-state index contributed by atoms with van der Waals surface area (Å²) in [6.07, 6.45) is 3.56. The van der Waals surface area contributed by atoms with Crippen LogP contribution < -0.4 is 5.73 Å². The summed E-state index contributed by atoms with van der Waals surface area (Å²) in [6.45, 7) is 3.66. The van der Waals surface area contributed by atoms with Crippen LogP contribution in [0.3, 0.4) is 0 Å². The van der Waals surface area contributed by atoms with E-state index in [0.29, 0.717) is 12.5 Å². The molecule has 0 radical (unpaired) electrons. The third kappa shape index (κ3) is 2.52. The van der Waals surface area contributed by atoms with E-state index >= 15 is 0 Å². The maximum atomic E-state index is 5.91.